The first-order chi connectivity index (χ1) is 28.3. The van der Waals surface area contributed by atoms with Crippen molar-refractivity contribution in [1.29, 1.82) is 0 Å². The van der Waals surface area contributed by atoms with Crippen LogP contribution in [0.5, 0.6) is 0 Å². The Morgan fingerprint density at radius 2 is 1.00 bits per heavy atom. The van der Waals surface area contributed by atoms with Crippen LogP contribution in [0.3, 0.4) is 0 Å². The molecule has 8 aromatic carbocycles. The summed E-state index contributed by atoms with van der Waals surface area (Å²) < 4.78 is 7.21. The molecule has 12 aromatic rings. The van der Waals surface area contributed by atoms with Crippen molar-refractivity contribution in [2.24, 2.45) is 0 Å². The van der Waals surface area contributed by atoms with Gasteiger partial charge >= 0.3 is 0 Å². The van der Waals surface area contributed by atoms with Gasteiger partial charge in [0.15, 0.2) is 0 Å². The molecule has 0 aliphatic carbocycles. The Kier molecular flexibility index (Phi) is 7.06. The molecular weight excluding hydrogens is 713 g/mol. The van der Waals surface area contributed by atoms with Crippen molar-refractivity contribution < 1.29 is 0 Å². The SMILES string of the molecule is c1ccc(-n2c3ccccc3c3ccc(-c4ccc5c(c4)c4ccccc4n5-c4nccc(-c5ccc(-c6cccc7c6sc6ccccc67)cc5)n4)cc32)cc1. The second-order valence-electron chi connectivity index (χ2n) is 14.6. The molecular formula is C52H32N4S. The molecule has 0 aliphatic rings. The summed E-state index contributed by atoms with van der Waals surface area (Å²) in [6.07, 6.45) is 1.87. The lowest BCUT2D eigenvalue weighted by Gasteiger charge is -2.10. The lowest BCUT2D eigenvalue weighted by molar-refractivity contribution is 0.992. The first-order valence-electron chi connectivity index (χ1n) is 19.2. The topological polar surface area (TPSA) is 35.6 Å². The Bertz CT molecular complexity index is 3520. The average Bonchev–Trinajstić information content (AvgIpc) is 3.94. The van der Waals surface area contributed by atoms with Crippen molar-refractivity contribution in [3.63, 3.8) is 0 Å². The summed E-state index contributed by atoms with van der Waals surface area (Å²) >= 11 is 1.86. The third-order valence-electron chi connectivity index (χ3n) is 11.4. The van der Waals surface area contributed by atoms with E-state index < -0.39 is 0 Å². The number of para-hydroxylation sites is 3. The monoisotopic (exact) mass is 744 g/mol. The van der Waals surface area contributed by atoms with E-state index in [2.05, 4.69) is 191 Å². The van der Waals surface area contributed by atoms with Gasteiger partial charge in [0.25, 0.3) is 0 Å². The predicted molar refractivity (Wildman–Crippen MR) is 240 cm³/mol. The predicted octanol–water partition coefficient (Wildman–Crippen LogP) is 14.0. The standard InChI is InChI=1S/C52H32N4S/c1-2-11-37(12-3-1)55-46-18-7-4-13-39(46)41-27-25-36(32-49(41)55)35-26-28-48-44(31-35)40-14-5-8-19-47(40)56(48)52-53-30-29-45(54-52)34-23-21-33(22-24-34)38-16-10-17-43-42-15-6-9-20-50(42)57-51(38)43/h1-32H. The lowest BCUT2D eigenvalue weighted by atomic mass is 10.0. The van der Waals surface area contributed by atoms with Gasteiger partial charge in [-0.25, -0.2) is 9.97 Å². The number of benzene rings is 8. The molecule has 5 heteroatoms. The Morgan fingerprint density at radius 3 is 1.84 bits per heavy atom. The van der Waals surface area contributed by atoms with Crippen LogP contribution in [0.15, 0.2) is 194 Å². The zero-order valence-corrected chi connectivity index (χ0v) is 31.5. The van der Waals surface area contributed by atoms with Gasteiger partial charge < -0.3 is 4.57 Å². The van der Waals surface area contributed by atoms with Crippen LogP contribution in [0.1, 0.15) is 0 Å². The molecule has 0 N–H and O–H groups in total. The van der Waals surface area contributed by atoms with Gasteiger partial charge in [0, 0.05) is 59.2 Å². The smallest absolute Gasteiger partial charge is 0.235 e. The molecule has 0 amide bonds. The van der Waals surface area contributed by atoms with Gasteiger partial charge in [-0.1, -0.05) is 133 Å². The van der Waals surface area contributed by atoms with E-state index in [0.29, 0.717) is 5.95 Å². The Balaban J connectivity index is 0.946. The fraction of sp³-hybridized carbons (Fsp3) is 0. The van der Waals surface area contributed by atoms with Crippen LogP contribution in [0, 0.1) is 0 Å². The summed E-state index contributed by atoms with van der Waals surface area (Å²) in [6.45, 7) is 0. The maximum atomic E-state index is 5.19. The second-order valence-corrected chi connectivity index (χ2v) is 15.7. The van der Waals surface area contributed by atoms with E-state index in [0.717, 1.165) is 28.0 Å². The van der Waals surface area contributed by atoms with Gasteiger partial charge in [-0.2, -0.15) is 0 Å². The molecule has 0 bridgehead atoms. The molecule has 4 nitrogen and oxygen atoms in total. The van der Waals surface area contributed by atoms with Gasteiger partial charge in [-0.3, -0.25) is 4.57 Å². The number of fused-ring (bicyclic) bond motifs is 9. The molecule has 4 heterocycles. The summed E-state index contributed by atoms with van der Waals surface area (Å²) in [6, 6.07) is 67.6. The van der Waals surface area contributed by atoms with E-state index in [4.69, 9.17) is 9.97 Å². The maximum absolute atomic E-state index is 5.19. The molecule has 266 valence electrons. The largest absolute Gasteiger partial charge is 0.309 e. The minimum atomic E-state index is 0.652. The fourth-order valence-electron chi connectivity index (χ4n) is 8.79. The van der Waals surface area contributed by atoms with Crippen LogP contribution in [0.25, 0.3) is 109 Å². The summed E-state index contributed by atoms with van der Waals surface area (Å²) in [5, 5.41) is 7.46. The average molecular weight is 745 g/mol. The molecule has 4 aromatic heterocycles. The van der Waals surface area contributed by atoms with E-state index >= 15 is 0 Å². The van der Waals surface area contributed by atoms with E-state index in [9.17, 15) is 0 Å². The van der Waals surface area contributed by atoms with Crippen LogP contribution in [0.4, 0.5) is 0 Å². The molecule has 0 aliphatic heterocycles. The Morgan fingerprint density at radius 1 is 0.386 bits per heavy atom. The van der Waals surface area contributed by atoms with Crippen LogP contribution < -0.4 is 0 Å². The van der Waals surface area contributed by atoms with Crippen molar-refractivity contribution in [2.45, 2.75) is 0 Å². The quantitative estimate of drug-likeness (QED) is 0.176. The number of aromatic nitrogens is 4. The van der Waals surface area contributed by atoms with Gasteiger partial charge in [-0.05, 0) is 76.9 Å². The van der Waals surface area contributed by atoms with Crippen LogP contribution >= 0.6 is 11.3 Å². The van der Waals surface area contributed by atoms with Crippen molar-refractivity contribution in [3.8, 4) is 45.1 Å². The first kappa shape index (κ1) is 32.0. The van der Waals surface area contributed by atoms with Crippen molar-refractivity contribution in [1.82, 2.24) is 19.1 Å². The molecule has 0 spiro atoms. The van der Waals surface area contributed by atoms with E-state index in [1.807, 2.05) is 23.6 Å². The summed E-state index contributed by atoms with van der Waals surface area (Å²) in [5.41, 5.74) is 12.4. The maximum Gasteiger partial charge on any atom is 0.235 e. The Labute approximate surface area is 332 Å². The fourth-order valence-corrected chi connectivity index (χ4v) is 10.0. The zero-order valence-electron chi connectivity index (χ0n) is 30.7. The highest BCUT2D eigenvalue weighted by Gasteiger charge is 2.18. The molecule has 0 saturated heterocycles. The van der Waals surface area contributed by atoms with Crippen molar-refractivity contribution in [2.75, 3.05) is 0 Å². The van der Waals surface area contributed by atoms with Crippen molar-refractivity contribution in [3.05, 3.63) is 194 Å². The summed E-state index contributed by atoms with van der Waals surface area (Å²) in [7, 11) is 0. The number of hydrogen-bond donors (Lipinski definition) is 0. The van der Waals surface area contributed by atoms with Crippen LogP contribution in [0.2, 0.25) is 0 Å². The number of hydrogen-bond acceptors (Lipinski definition) is 3. The Hall–Kier alpha value is -7.34. The molecule has 0 atom stereocenters. The summed E-state index contributed by atoms with van der Waals surface area (Å²) in [5.74, 6) is 0.652. The lowest BCUT2D eigenvalue weighted by Crippen LogP contribution is -2.01. The minimum Gasteiger partial charge on any atom is -0.309 e. The summed E-state index contributed by atoms with van der Waals surface area (Å²) in [4.78, 5) is 10.0. The zero-order chi connectivity index (χ0) is 37.5. The van der Waals surface area contributed by atoms with Crippen LogP contribution in [-0.2, 0) is 0 Å². The first-order valence-corrected chi connectivity index (χ1v) is 20.1. The van der Waals surface area contributed by atoms with Gasteiger partial charge in [0.1, 0.15) is 0 Å². The van der Waals surface area contributed by atoms with Gasteiger partial charge in [0.05, 0.1) is 27.8 Å². The van der Waals surface area contributed by atoms with E-state index in [1.54, 1.807) is 0 Å². The van der Waals surface area contributed by atoms with Crippen molar-refractivity contribution >= 4 is 75.1 Å². The van der Waals surface area contributed by atoms with Gasteiger partial charge in [0.2, 0.25) is 5.95 Å². The number of rotatable bonds is 5. The molecule has 57 heavy (non-hydrogen) atoms. The third-order valence-corrected chi connectivity index (χ3v) is 12.7. The molecule has 12 rings (SSSR count). The molecule has 0 radical (unpaired) electrons. The highest BCUT2D eigenvalue weighted by molar-refractivity contribution is 7.26. The highest BCUT2D eigenvalue weighted by atomic mass is 32.1. The van der Waals surface area contributed by atoms with Crippen LogP contribution in [-0.4, -0.2) is 19.1 Å². The molecule has 0 fully saturated rings. The minimum absolute atomic E-state index is 0.652. The van der Waals surface area contributed by atoms with E-state index in [1.165, 1.54) is 75.0 Å². The normalized spacial score (nSPS) is 11.9. The van der Waals surface area contributed by atoms with Gasteiger partial charge in [-0.15, -0.1) is 11.3 Å². The highest BCUT2D eigenvalue weighted by Crippen LogP contribution is 2.41. The number of thiophene rings is 1. The number of nitrogens with zero attached hydrogens (tertiary/aromatic N) is 4. The van der Waals surface area contributed by atoms with E-state index in [-0.39, 0.29) is 0 Å². The third kappa shape index (κ3) is 4.99. The second kappa shape index (κ2) is 12.6. The molecule has 0 unspecified atom stereocenters. The molecule has 0 saturated carbocycles.